The van der Waals surface area contributed by atoms with Crippen LogP contribution in [0, 0.1) is 5.92 Å². The summed E-state index contributed by atoms with van der Waals surface area (Å²) in [5, 5.41) is 0. The second-order valence-electron chi connectivity index (χ2n) is 4.35. The summed E-state index contributed by atoms with van der Waals surface area (Å²) in [7, 11) is 0. The molecular weight excluding hydrogens is 232 g/mol. The Morgan fingerprint density at radius 3 is 1.94 bits per heavy atom. The van der Waals surface area contributed by atoms with Crippen LogP contribution >= 0.6 is 0 Å². The van der Waals surface area contributed by atoms with Crippen molar-refractivity contribution in [1.82, 2.24) is 0 Å². The van der Waals surface area contributed by atoms with Crippen LogP contribution in [0.2, 0.25) is 0 Å². The molecule has 0 aliphatic carbocycles. The summed E-state index contributed by atoms with van der Waals surface area (Å²) in [4.78, 5) is 21.9. The van der Waals surface area contributed by atoms with Gasteiger partial charge in [0.15, 0.2) is 0 Å². The smallest absolute Gasteiger partial charge is 0.305 e. The summed E-state index contributed by atoms with van der Waals surface area (Å²) in [5.41, 5.74) is 0. The molecule has 1 atom stereocenters. The Balaban J connectivity index is 3.58. The Kier molecular flexibility index (Phi) is 10.4. The second kappa shape index (κ2) is 11.1. The monoisotopic (exact) mass is 258 g/mol. The molecule has 0 radical (unpaired) electrons. The predicted molar refractivity (Wildman–Crippen MR) is 70.1 cm³/mol. The standard InChI is InChI=1S/C14H26O4/c1-4-12(9-11-18-14(16)6-3)8-7-10-17-13(15)5-2/h12H,4-11H2,1-3H3. The largest absolute Gasteiger partial charge is 0.466 e. The zero-order valence-electron chi connectivity index (χ0n) is 11.9. The van der Waals surface area contributed by atoms with Gasteiger partial charge < -0.3 is 9.47 Å². The van der Waals surface area contributed by atoms with Gasteiger partial charge in [0.05, 0.1) is 13.2 Å². The van der Waals surface area contributed by atoms with Gasteiger partial charge in [-0.2, -0.15) is 0 Å². The molecule has 0 aromatic carbocycles. The molecule has 0 aromatic rings. The molecule has 0 saturated carbocycles. The van der Waals surface area contributed by atoms with Crippen molar-refractivity contribution >= 4 is 11.9 Å². The average Bonchev–Trinajstić information content (AvgIpc) is 2.40. The predicted octanol–water partition coefficient (Wildman–Crippen LogP) is 3.09. The van der Waals surface area contributed by atoms with Crippen molar-refractivity contribution in [3.63, 3.8) is 0 Å². The molecule has 0 spiro atoms. The maximum atomic E-state index is 11.0. The average molecular weight is 258 g/mol. The van der Waals surface area contributed by atoms with Crippen LogP contribution in [0.1, 0.15) is 59.3 Å². The van der Waals surface area contributed by atoms with E-state index in [9.17, 15) is 9.59 Å². The third kappa shape index (κ3) is 9.02. The number of rotatable bonds is 10. The number of carbonyl (C=O) groups excluding carboxylic acids is 2. The number of ether oxygens (including phenoxy) is 2. The van der Waals surface area contributed by atoms with Crippen LogP contribution in [-0.2, 0) is 19.1 Å². The van der Waals surface area contributed by atoms with E-state index in [1.54, 1.807) is 13.8 Å². The minimum Gasteiger partial charge on any atom is -0.466 e. The highest BCUT2D eigenvalue weighted by Gasteiger charge is 2.08. The molecule has 0 aliphatic rings. The van der Waals surface area contributed by atoms with Crippen molar-refractivity contribution in [2.45, 2.75) is 59.3 Å². The first-order valence-electron chi connectivity index (χ1n) is 6.95. The Morgan fingerprint density at radius 1 is 0.889 bits per heavy atom. The second-order valence-corrected chi connectivity index (χ2v) is 4.35. The zero-order chi connectivity index (χ0) is 13.8. The van der Waals surface area contributed by atoms with Crippen LogP contribution in [0.15, 0.2) is 0 Å². The first-order valence-corrected chi connectivity index (χ1v) is 6.95. The van der Waals surface area contributed by atoms with Crippen LogP contribution < -0.4 is 0 Å². The molecular formula is C14H26O4. The van der Waals surface area contributed by atoms with E-state index in [-0.39, 0.29) is 11.9 Å². The minimum atomic E-state index is -0.139. The molecule has 18 heavy (non-hydrogen) atoms. The van der Waals surface area contributed by atoms with Gasteiger partial charge >= 0.3 is 11.9 Å². The van der Waals surface area contributed by atoms with Crippen molar-refractivity contribution in [3.8, 4) is 0 Å². The Bertz CT molecular complexity index is 238. The Labute approximate surface area is 110 Å². The van der Waals surface area contributed by atoms with E-state index < -0.39 is 0 Å². The summed E-state index contributed by atoms with van der Waals surface area (Å²) in [6, 6.07) is 0. The Hall–Kier alpha value is -1.06. The van der Waals surface area contributed by atoms with Crippen LogP contribution in [0.5, 0.6) is 0 Å². The van der Waals surface area contributed by atoms with E-state index in [0.717, 1.165) is 25.7 Å². The topological polar surface area (TPSA) is 52.6 Å². The highest BCUT2D eigenvalue weighted by Crippen LogP contribution is 2.15. The lowest BCUT2D eigenvalue weighted by atomic mass is 9.97. The quantitative estimate of drug-likeness (QED) is 0.446. The van der Waals surface area contributed by atoms with Gasteiger partial charge in [0, 0.05) is 12.8 Å². The van der Waals surface area contributed by atoms with Gasteiger partial charge in [-0.1, -0.05) is 27.2 Å². The van der Waals surface area contributed by atoms with Crippen molar-refractivity contribution in [3.05, 3.63) is 0 Å². The SMILES string of the molecule is CCC(=O)OCCCC(CC)CCOC(=O)CC. The van der Waals surface area contributed by atoms with E-state index in [2.05, 4.69) is 6.92 Å². The molecule has 4 nitrogen and oxygen atoms in total. The fourth-order valence-electron chi connectivity index (χ4n) is 1.65. The first-order chi connectivity index (χ1) is 8.63. The van der Waals surface area contributed by atoms with E-state index in [4.69, 9.17) is 9.47 Å². The maximum Gasteiger partial charge on any atom is 0.305 e. The third-order valence-electron chi connectivity index (χ3n) is 2.96. The van der Waals surface area contributed by atoms with Crippen molar-refractivity contribution in [2.75, 3.05) is 13.2 Å². The van der Waals surface area contributed by atoms with Gasteiger partial charge in [-0.05, 0) is 25.2 Å². The van der Waals surface area contributed by atoms with Crippen LogP contribution in [-0.4, -0.2) is 25.2 Å². The molecule has 0 bridgehead atoms. The highest BCUT2D eigenvalue weighted by molar-refractivity contribution is 5.69. The lowest BCUT2D eigenvalue weighted by Gasteiger charge is -2.14. The van der Waals surface area contributed by atoms with Crippen LogP contribution in [0.25, 0.3) is 0 Å². The summed E-state index contributed by atoms with van der Waals surface area (Å²) in [5.74, 6) is 0.261. The number of hydrogen-bond donors (Lipinski definition) is 0. The molecule has 0 rings (SSSR count). The molecule has 0 N–H and O–H groups in total. The number of hydrogen-bond acceptors (Lipinski definition) is 4. The molecule has 0 aromatic heterocycles. The van der Waals surface area contributed by atoms with E-state index in [1.165, 1.54) is 0 Å². The first kappa shape index (κ1) is 16.9. The molecule has 0 aliphatic heterocycles. The van der Waals surface area contributed by atoms with E-state index >= 15 is 0 Å². The van der Waals surface area contributed by atoms with Crippen LogP contribution in [0.4, 0.5) is 0 Å². The number of carbonyl (C=O) groups is 2. The zero-order valence-corrected chi connectivity index (χ0v) is 11.9. The third-order valence-corrected chi connectivity index (χ3v) is 2.96. The molecule has 4 heteroatoms. The highest BCUT2D eigenvalue weighted by atomic mass is 16.5. The van der Waals surface area contributed by atoms with Gasteiger partial charge in [-0.25, -0.2) is 0 Å². The molecule has 0 amide bonds. The maximum absolute atomic E-state index is 11.0. The van der Waals surface area contributed by atoms with Gasteiger partial charge in [0.1, 0.15) is 0 Å². The van der Waals surface area contributed by atoms with Gasteiger partial charge in [-0.3, -0.25) is 9.59 Å². The normalized spacial score (nSPS) is 11.9. The van der Waals surface area contributed by atoms with Crippen molar-refractivity contribution < 1.29 is 19.1 Å². The molecule has 1 unspecified atom stereocenters. The lowest BCUT2D eigenvalue weighted by molar-refractivity contribution is -0.144. The summed E-state index contributed by atoms with van der Waals surface area (Å²) < 4.78 is 10.1. The van der Waals surface area contributed by atoms with Gasteiger partial charge in [-0.15, -0.1) is 0 Å². The van der Waals surface area contributed by atoms with Crippen LogP contribution in [0.3, 0.4) is 0 Å². The fraction of sp³-hybridized carbons (Fsp3) is 0.857. The van der Waals surface area contributed by atoms with Gasteiger partial charge in [0.2, 0.25) is 0 Å². The minimum absolute atomic E-state index is 0.137. The molecule has 0 heterocycles. The molecule has 106 valence electrons. The van der Waals surface area contributed by atoms with Gasteiger partial charge in [0.25, 0.3) is 0 Å². The van der Waals surface area contributed by atoms with Crippen molar-refractivity contribution in [2.24, 2.45) is 5.92 Å². The summed E-state index contributed by atoms with van der Waals surface area (Å²) in [6.07, 6.45) is 4.71. The van der Waals surface area contributed by atoms with E-state index in [0.29, 0.717) is 32.0 Å². The van der Waals surface area contributed by atoms with Crippen molar-refractivity contribution in [1.29, 1.82) is 0 Å². The lowest BCUT2D eigenvalue weighted by Crippen LogP contribution is -2.10. The fourth-order valence-corrected chi connectivity index (χ4v) is 1.65. The molecule has 0 fully saturated rings. The summed E-state index contributed by atoms with van der Waals surface area (Å²) in [6.45, 7) is 6.71. The number of esters is 2. The van der Waals surface area contributed by atoms with E-state index in [1.807, 2.05) is 0 Å². The summed E-state index contributed by atoms with van der Waals surface area (Å²) >= 11 is 0. The Morgan fingerprint density at radius 2 is 1.44 bits per heavy atom. The molecule has 0 saturated heterocycles.